The van der Waals surface area contributed by atoms with Crippen molar-refractivity contribution in [1.82, 2.24) is 13.6 Å². The van der Waals surface area contributed by atoms with Gasteiger partial charge in [-0.15, -0.1) is 0 Å². The number of hydrogen-bond donors (Lipinski definition) is 0. The highest BCUT2D eigenvalue weighted by atomic mass is 32.1. The number of amides is 1. The summed E-state index contributed by atoms with van der Waals surface area (Å²) in [5, 5.41) is 0. The fourth-order valence-electron chi connectivity index (χ4n) is 2.33. The summed E-state index contributed by atoms with van der Waals surface area (Å²) in [5.74, 6) is -0.0592. The third kappa shape index (κ3) is 2.86. The van der Waals surface area contributed by atoms with E-state index in [1.54, 1.807) is 4.90 Å². The first-order valence-electron chi connectivity index (χ1n) is 6.58. The summed E-state index contributed by atoms with van der Waals surface area (Å²) in [7, 11) is 0. The lowest BCUT2D eigenvalue weighted by Crippen LogP contribution is -2.33. The van der Waals surface area contributed by atoms with E-state index in [0.717, 1.165) is 23.7 Å². The number of rotatable bonds is 2. The van der Waals surface area contributed by atoms with Gasteiger partial charge >= 0.3 is 0 Å². The third-order valence-electron chi connectivity index (χ3n) is 3.38. The van der Waals surface area contributed by atoms with Gasteiger partial charge in [-0.25, -0.2) is 0 Å². The molecule has 20 heavy (non-hydrogen) atoms. The van der Waals surface area contributed by atoms with Crippen LogP contribution < -0.4 is 0 Å². The van der Waals surface area contributed by atoms with Gasteiger partial charge in [-0.3, -0.25) is 4.79 Å². The molecule has 1 aromatic heterocycles. The van der Waals surface area contributed by atoms with Crippen LogP contribution >= 0.6 is 11.7 Å². The van der Waals surface area contributed by atoms with Gasteiger partial charge in [0.15, 0.2) is 5.69 Å². The van der Waals surface area contributed by atoms with Crippen LogP contribution in [0, 0.1) is 0 Å². The van der Waals surface area contributed by atoms with E-state index in [1.165, 1.54) is 6.20 Å². The van der Waals surface area contributed by atoms with Gasteiger partial charge < -0.3 is 9.64 Å². The van der Waals surface area contributed by atoms with Crippen LogP contribution in [-0.4, -0.2) is 39.3 Å². The van der Waals surface area contributed by atoms with Crippen molar-refractivity contribution in [2.45, 2.75) is 12.5 Å². The highest BCUT2D eigenvalue weighted by Gasteiger charge is 2.23. The van der Waals surface area contributed by atoms with Crippen molar-refractivity contribution >= 4 is 17.6 Å². The Morgan fingerprint density at radius 2 is 2.15 bits per heavy atom. The molecule has 0 bridgehead atoms. The number of carbonyl (C=O) groups excluding carboxylic acids is 1. The highest BCUT2D eigenvalue weighted by Crippen LogP contribution is 2.24. The summed E-state index contributed by atoms with van der Waals surface area (Å²) < 4.78 is 13.7. The lowest BCUT2D eigenvalue weighted by molar-refractivity contribution is 0.0584. The van der Waals surface area contributed by atoms with Crippen LogP contribution in [0.5, 0.6) is 0 Å². The topological polar surface area (TPSA) is 55.3 Å². The number of carbonyl (C=O) groups is 1. The Labute approximate surface area is 121 Å². The monoisotopic (exact) mass is 289 g/mol. The fraction of sp³-hybridized carbons (Fsp3) is 0.357. The van der Waals surface area contributed by atoms with Crippen molar-refractivity contribution in [2.24, 2.45) is 0 Å². The molecule has 1 fully saturated rings. The second kappa shape index (κ2) is 6.11. The summed E-state index contributed by atoms with van der Waals surface area (Å²) in [6.45, 7) is 1.82. The Morgan fingerprint density at radius 1 is 1.30 bits per heavy atom. The maximum atomic E-state index is 12.2. The molecule has 0 aliphatic carbocycles. The number of nitrogens with zero attached hydrogens (tertiary/aromatic N) is 3. The molecule has 1 saturated heterocycles. The normalized spacial score (nSPS) is 19.6. The predicted molar refractivity (Wildman–Crippen MR) is 75.6 cm³/mol. The largest absolute Gasteiger partial charge is 0.372 e. The Morgan fingerprint density at radius 3 is 2.90 bits per heavy atom. The van der Waals surface area contributed by atoms with Crippen LogP contribution in [0.15, 0.2) is 36.5 Å². The standard InChI is InChI=1S/C14H15N3O2S/c18-14(12-10-15-20-16-12)17-7-6-13(19-9-8-17)11-4-2-1-3-5-11/h1-5,10,13H,6-9H2. The van der Waals surface area contributed by atoms with Crippen molar-refractivity contribution < 1.29 is 9.53 Å². The van der Waals surface area contributed by atoms with E-state index in [-0.39, 0.29) is 12.0 Å². The molecule has 6 heteroatoms. The molecule has 1 amide bonds. The van der Waals surface area contributed by atoms with Gasteiger partial charge in [0.1, 0.15) is 0 Å². The Kier molecular flexibility index (Phi) is 4.03. The molecular weight excluding hydrogens is 274 g/mol. The molecule has 2 heterocycles. The van der Waals surface area contributed by atoms with Crippen LogP contribution in [0.3, 0.4) is 0 Å². The molecule has 1 atom stereocenters. The first-order valence-corrected chi connectivity index (χ1v) is 7.31. The second-order valence-electron chi connectivity index (χ2n) is 4.64. The van der Waals surface area contributed by atoms with Gasteiger partial charge in [-0.05, 0) is 12.0 Å². The van der Waals surface area contributed by atoms with Gasteiger partial charge in [-0.2, -0.15) is 8.75 Å². The summed E-state index contributed by atoms with van der Waals surface area (Å²) in [6.07, 6.45) is 2.38. The SMILES string of the molecule is O=C(c1cnsn1)N1CCOC(c2ccccc2)CC1. The van der Waals surface area contributed by atoms with Crippen molar-refractivity contribution in [3.63, 3.8) is 0 Å². The van der Waals surface area contributed by atoms with Gasteiger partial charge in [0.25, 0.3) is 5.91 Å². The van der Waals surface area contributed by atoms with Crippen LogP contribution in [0.2, 0.25) is 0 Å². The minimum absolute atomic E-state index is 0.0579. The quantitative estimate of drug-likeness (QED) is 0.850. The maximum Gasteiger partial charge on any atom is 0.275 e. The van der Waals surface area contributed by atoms with E-state index in [1.807, 2.05) is 18.2 Å². The Hall–Kier alpha value is -1.79. The predicted octanol–water partition coefficient (Wildman–Crippen LogP) is 2.14. The fourth-order valence-corrected chi connectivity index (χ4v) is 2.74. The molecule has 0 saturated carbocycles. The van der Waals surface area contributed by atoms with Crippen LogP contribution in [0.4, 0.5) is 0 Å². The molecule has 1 aromatic carbocycles. The van der Waals surface area contributed by atoms with Crippen LogP contribution in [0.1, 0.15) is 28.6 Å². The molecule has 0 N–H and O–H groups in total. The van der Waals surface area contributed by atoms with E-state index in [2.05, 4.69) is 20.9 Å². The number of ether oxygens (including phenoxy) is 1. The summed E-state index contributed by atoms with van der Waals surface area (Å²) >= 11 is 1.06. The zero-order valence-corrected chi connectivity index (χ0v) is 11.8. The highest BCUT2D eigenvalue weighted by molar-refractivity contribution is 6.99. The average Bonchev–Trinajstić information content (AvgIpc) is 2.92. The first-order chi connectivity index (χ1) is 9.84. The molecule has 1 unspecified atom stereocenters. The molecule has 1 aliphatic heterocycles. The van der Waals surface area contributed by atoms with Crippen molar-refractivity contribution in [3.8, 4) is 0 Å². The zero-order chi connectivity index (χ0) is 13.8. The van der Waals surface area contributed by atoms with Gasteiger partial charge in [0.05, 0.1) is 30.6 Å². The van der Waals surface area contributed by atoms with Crippen LogP contribution in [-0.2, 0) is 4.74 Å². The van der Waals surface area contributed by atoms with Gasteiger partial charge in [0, 0.05) is 13.1 Å². The van der Waals surface area contributed by atoms with E-state index in [9.17, 15) is 4.79 Å². The molecule has 5 nitrogen and oxygen atoms in total. The zero-order valence-electron chi connectivity index (χ0n) is 10.9. The number of hydrogen-bond acceptors (Lipinski definition) is 5. The molecule has 1 aliphatic rings. The lowest BCUT2D eigenvalue weighted by atomic mass is 10.1. The molecular formula is C14H15N3O2S. The summed E-state index contributed by atoms with van der Waals surface area (Å²) in [5.41, 5.74) is 1.59. The van der Waals surface area contributed by atoms with E-state index in [4.69, 9.17) is 4.74 Å². The molecule has 3 rings (SSSR count). The average molecular weight is 289 g/mol. The third-order valence-corrected chi connectivity index (χ3v) is 3.86. The Bertz CT molecular complexity index is 559. The van der Waals surface area contributed by atoms with E-state index < -0.39 is 0 Å². The molecule has 104 valence electrons. The van der Waals surface area contributed by atoms with E-state index in [0.29, 0.717) is 25.4 Å². The molecule has 0 radical (unpaired) electrons. The minimum Gasteiger partial charge on any atom is -0.372 e. The number of benzene rings is 1. The van der Waals surface area contributed by atoms with Gasteiger partial charge in [-0.1, -0.05) is 30.3 Å². The molecule has 2 aromatic rings. The van der Waals surface area contributed by atoms with Crippen molar-refractivity contribution in [3.05, 3.63) is 47.8 Å². The van der Waals surface area contributed by atoms with E-state index >= 15 is 0 Å². The maximum absolute atomic E-state index is 12.2. The first kappa shape index (κ1) is 13.2. The van der Waals surface area contributed by atoms with Crippen LogP contribution in [0.25, 0.3) is 0 Å². The number of aromatic nitrogens is 2. The van der Waals surface area contributed by atoms with Crippen molar-refractivity contribution in [2.75, 3.05) is 19.7 Å². The summed E-state index contributed by atoms with van der Waals surface area (Å²) in [6, 6.07) is 10.1. The smallest absolute Gasteiger partial charge is 0.275 e. The Balaban J connectivity index is 1.67. The minimum atomic E-state index is -0.0592. The van der Waals surface area contributed by atoms with Gasteiger partial charge in [0.2, 0.25) is 0 Å². The lowest BCUT2D eigenvalue weighted by Gasteiger charge is -2.18. The second-order valence-corrected chi connectivity index (χ2v) is 5.20. The summed E-state index contributed by atoms with van der Waals surface area (Å²) in [4.78, 5) is 14.0. The molecule has 0 spiro atoms. The van der Waals surface area contributed by atoms with Crippen molar-refractivity contribution in [1.29, 1.82) is 0 Å².